The van der Waals surface area contributed by atoms with Crippen LogP contribution in [0.1, 0.15) is 71.6 Å². The molecule has 1 saturated heterocycles. The Morgan fingerprint density at radius 3 is 2.30 bits per heavy atom. The van der Waals surface area contributed by atoms with Crippen LogP contribution in [0.4, 0.5) is 0 Å². The van der Waals surface area contributed by atoms with Gasteiger partial charge in [0.05, 0.1) is 0 Å². The van der Waals surface area contributed by atoms with Crippen molar-refractivity contribution in [3.63, 3.8) is 0 Å². The van der Waals surface area contributed by atoms with Gasteiger partial charge in [0, 0.05) is 6.04 Å². The van der Waals surface area contributed by atoms with Crippen LogP contribution in [0, 0.1) is 0 Å². The fourth-order valence-electron chi connectivity index (χ4n) is 4.34. The highest BCUT2D eigenvalue weighted by atomic mass is 16.2. The van der Waals surface area contributed by atoms with E-state index < -0.39 is 11.1 Å². The molecule has 0 aromatic rings. The molecule has 2 saturated carbocycles. The van der Waals surface area contributed by atoms with Crippen molar-refractivity contribution in [3.05, 3.63) is 0 Å². The topological polar surface area (TPSA) is 49.4 Å². The summed E-state index contributed by atoms with van der Waals surface area (Å²) in [5.41, 5.74) is -1.23. The van der Waals surface area contributed by atoms with Gasteiger partial charge in [-0.05, 0) is 39.0 Å². The van der Waals surface area contributed by atoms with Crippen molar-refractivity contribution in [2.24, 2.45) is 0 Å². The zero-order valence-electron chi connectivity index (χ0n) is 12.7. The molecule has 3 aliphatic rings. The van der Waals surface area contributed by atoms with Gasteiger partial charge in [0.1, 0.15) is 11.1 Å². The summed E-state index contributed by atoms with van der Waals surface area (Å²) in [6.45, 7) is 3.87. The molecule has 0 radical (unpaired) electrons. The average molecular weight is 278 g/mol. The number of piperazine rings is 1. The molecule has 0 aromatic heterocycles. The van der Waals surface area contributed by atoms with Crippen LogP contribution < -0.4 is 5.32 Å². The summed E-state index contributed by atoms with van der Waals surface area (Å²) in [5.74, 6) is 0.263. The normalized spacial score (nSPS) is 34.0. The van der Waals surface area contributed by atoms with Crippen LogP contribution in [0.15, 0.2) is 0 Å². The third kappa shape index (κ3) is 1.80. The van der Waals surface area contributed by atoms with E-state index >= 15 is 0 Å². The molecular formula is C16H26N2O2. The van der Waals surface area contributed by atoms with Crippen LogP contribution in [0.2, 0.25) is 0 Å². The first-order chi connectivity index (χ1) is 9.53. The first-order valence-corrected chi connectivity index (χ1v) is 8.20. The van der Waals surface area contributed by atoms with Gasteiger partial charge in [-0.2, -0.15) is 0 Å². The molecule has 112 valence electrons. The van der Waals surface area contributed by atoms with Gasteiger partial charge in [-0.15, -0.1) is 0 Å². The molecule has 1 heterocycles. The summed E-state index contributed by atoms with van der Waals surface area (Å²) in [5, 5.41) is 3.05. The minimum atomic E-state index is -0.701. The molecular weight excluding hydrogens is 252 g/mol. The lowest BCUT2D eigenvalue weighted by atomic mass is 9.82. The van der Waals surface area contributed by atoms with E-state index in [1.54, 1.807) is 0 Å². The monoisotopic (exact) mass is 278 g/mol. The van der Waals surface area contributed by atoms with Crippen LogP contribution in [-0.2, 0) is 9.59 Å². The van der Waals surface area contributed by atoms with Crippen molar-refractivity contribution < 1.29 is 9.59 Å². The molecule has 4 heteroatoms. The standard InChI is InChI=1S/C16H26N2O2/c1-3-15(2)14(20)18(12-8-4-5-9-12)16(13(19)17-15)10-6-7-11-16/h12H,3-11H2,1-2H3,(H,17,19). The second-order valence-electron chi connectivity index (χ2n) is 6.99. The first kappa shape index (κ1) is 13.9. The van der Waals surface area contributed by atoms with Crippen molar-refractivity contribution in [3.8, 4) is 0 Å². The summed E-state index contributed by atoms with van der Waals surface area (Å²) < 4.78 is 0. The van der Waals surface area contributed by atoms with E-state index in [9.17, 15) is 9.59 Å². The number of amides is 2. The molecule has 1 unspecified atom stereocenters. The van der Waals surface area contributed by atoms with Gasteiger partial charge in [-0.1, -0.05) is 32.6 Å². The van der Waals surface area contributed by atoms with Gasteiger partial charge in [0.2, 0.25) is 11.8 Å². The van der Waals surface area contributed by atoms with Gasteiger partial charge in [-0.25, -0.2) is 0 Å². The number of hydrogen-bond donors (Lipinski definition) is 1. The second kappa shape index (κ2) is 4.74. The molecule has 1 aliphatic heterocycles. The van der Waals surface area contributed by atoms with Crippen molar-refractivity contribution >= 4 is 11.8 Å². The molecule has 3 rings (SSSR count). The number of rotatable bonds is 2. The molecule has 20 heavy (non-hydrogen) atoms. The third-order valence-electron chi connectivity index (χ3n) is 5.79. The smallest absolute Gasteiger partial charge is 0.249 e. The third-order valence-corrected chi connectivity index (χ3v) is 5.79. The maximum atomic E-state index is 13.1. The lowest BCUT2D eigenvalue weighted by molar-refractivity contribution is -0.166. The Balaban J connectivity index is 2.01. The number of nitrogens with zero attached hydrogens (tertiary/aromatic N) is 1. The largest absolute Gasteiger partial charge is 0.340 e. The number of hydrogen-bond acceptors (Lipinski definition) is 2. The first-order valence-electron chi connectivity index (χ1n) is 8.20. The summed E-state index contributed by atoms with van der Waals surface area (Å²) >= 11 is 0. The van der Waals surface area contributed by atoms with Gasteiger partial charge < -0.3 is 10.2 Å². The molecule has 3 fully saturated rings. The minimum Gasteiger partial charge on any atom is -0.340 e. The van der Waals surface area contributed by atoms with Gasteiger partial charge in [-0.3, -0.25) is 9.59 Å². The Morgan fingerprint density at radius 1 is 1.15 bits per heavy atom. The molecule has 1 atom stereocenters. The van der Waals surface area contributed by atoms with E-state index in [0.29, 0.717) is 6.42 Å². The highest BCUT2D eigenvalue weighted by Gasteiger charge is 2.58. The number of carbonyl (C=O) groups is 2. The Kier molecular flexibility index (Phi) is 3.30. The summed E-state index contributed by atoms with van der Waals surface area (Å²) in [6, 6.07) is 0.289. The Morgan fingerprint density at radius 2 is 1.75 bits per heavy atom. The molecule has 2 amide bonds. The molecule has 0 aromatic carbocycles. The van der Waals surface area contributed by atoms with E-state index in [1.165, 1.54) is 12.8 Å². The van der Waals surface area contributed by atoms with E-state index in [-0.39, 0.29) is 17.9 Å². The van der Waals surface area contributed by atoms with Crippen LogP contribution in [0.3, 0.4) is 0 Å². The highest BCUT2D eigenvalue weighted by Crippen LogP contribution is 2.44. The highest BCUT2D eigenvalue weighted by molar-refractivity contribution is 6.02. The van der Waals surface area contributed by atoms with Crippen LogP contribution >= 0.6 is 0 Å². The maximum Gasteiger partial charge on any atom is 0.249 e. The lowest BCUT2D eigenvalue weighted by Crippen LogP contribution is -2.75. The van der Waals surface area contributed by atoms with E-state index in [1.807, 2.05) is 18.7 Å². The van der Waals surface area contributed by atoms with Crippen molar-refractivity contribution in [1.29, 1.82) is 0 Å². The Labute approximate surface area is 121 Å². The predicted molar refractivity (Wildman–Crippen MR) is 77.1 cm³/mol. The zero-order valence-corrected chi connectivity index (χ0v) is 12.7. The van der Waals surface area contributed by atoms with Crippen LogP contribution in [-0.4, -0.2) is 33.8 Å². The average Bonchev–Trinajstić information content (AvgIpc) is 3.09. The minimum absolute atomic E-state index is 0.103. The fraction of sp³-hybridized carbons (Fsp3) is 0.875. The molecule has 2 aliphatic carbocycles. The molecule has 4 nitrogen and oxygen atoms in total. The summed E-state index contributed by atoms with van der Waals surface area (Å²) in [4.78, 5) is 27.9. The summed E-state index contributed by atoms with van der Waals surface area (Å²) in [6.07, 6.45) is 9.00. The molecule has 0 bridgehead atoms. The van der Waals surface area contributed by atoms with Crippen LogP contribution in [0.25, 0.3) is 0 Å². The predicted octanol–water partition coefficient (Wildman–Crippen LogP) is 2.37. The number of nitrogens with one attached hydrogen (secondary N) is 1. The molecule has 1 N–H and O–H groups in total. The van der Waals surface area contributed by atoms with E-state index in [2.05, 4.69) is 5.32 Å². The van der Waals surface area contributed by atoms with E-state index in [4.69, 9.17) is 0 Å². The SMILES string of the molecule is CCC1(C)NC(=O)C2(CCCC2)N(C2CCCC2)C1=O. The van der Waals surface area contributed by atoms with Crippen LogP contribution in [0.5, 0.6) is 0 Å². The second-order valence-corrected chi connectivity index (χ2v) is 6.99. The molecule has 1 spiro atoms. The quantitative estimate of drug-likeness (QED) is 0.843. The van der Waals surface area contributed by atoms with Gasteiger partial charge in [0.15, 0.2) is 0 Å². The van der Waals surface area contributed by atoms with Crippen molar-refractivity contribution in [2.75, 3.05) is 0 Å². The van der Waals surface area contributed by atoms with Crippen molar-refractivity contribution in [1.82, 2.24) is 10.2 Å². The maximum absolute atomic E-state index is 13.1. The Hall–Kier alpha value is -1.06. The lowest BCUT2D eigenvalue weighted by Gasteiger charge is -2.52. The van der Waals surface area contributed by atoms with Crippen molar-refractivity contribution in [2.45, 2.75) is 88.8 Å². The van der Waals surface area contributed by atoms with E-state index in [0.717, 1.165) is 38.5 Å². The van der Waals surface area contributed by atoms with Gasteiger partial charge in [0.25, 0.3) is 0 Å². The Bertz CT molecular complexity index is 422. The van der Waals surface area contributed by atoms with Gasteiger partial charge >= 0.3 is 0 Å². The summed E-state index contributed by atoms with van der Waals surface area (Å²) in [7, 11) is 0. The zero-order chi connectivity index (χ0) is 14.4. The number of carbonyl (C=O) groups excluding carboxylic acids is 2. The fourth-order valence-corrected chi connectivity index (χ4v) is 4.34.